The van der Waals surface area contributed by atoms with Crippen LogP contribution in [0.25, 0.3) is 0 Å². The lowest BCUT2D eigenvalue weighted by atomic mass is 10.3. The molecule has 0 aromatic rings. The number of unbranched alkanes of at least 4 members (excludes halogenated alkanes) is 1. The van der Waals surface area contributed by atoms with E-state index in [1.807, 2.05) is 6.92 Å². The van der Waals surface area contributed by atoms with E-state index >= 15 is 0 Å². The van der Waals surface area contributed by atoms with Crippen LogP contribution in [0, 0.1) is 10.1 Å². The molecule has 0 aliphatic heterocycles. The molecule has 0 aromatic heterocycles. The molecule has 0 saturated carbocycles. The first kappa shape index (κ1) is 10.9. The summed E-state index contributed by atoms with van der Waals surface area (Å²) >= 11 is 0. The van der Waals surface area contributed by atoms with Gasteiger partial charge in [-0.25, -0.2) is 0 Å². The summed E-state index contributed by atoms with van der Waals surface area (Å²) < 4.78 is 0. The Labute approximate surface area is 71.5 Å². The van der Waals surface area contributed by atoms with E-state index in [0.717, 1.165) is 12.8 Å². The lowest BCUT2D eigenvalue weighted by molar-refractivity contribution is -0.468. The van der Waals surface area contributed by atoms with Gasteiger partial charge in [-0.1, -0.05) is 13.3 Å². The summed E-state index contributed by atoms with van der Waals surface area (Å²) in [6.45, 7) is 2.01. The van der Waals surface area contributed by atoms with Gasteiger partial charge in [0.05, 0.1) is 0 Å². The highest BCUT2D eigenvalue weighted by Crippen LogP contribution is 1.92. The fourth-order valence-electron chi connectivity index (χ4n) is 0.751. The van der Waals surface area contributed by atoms with Gasteiger partial charge in [0, 0.05) is 18.5 Å². The number of nitrogens with zero attached hydrogens (tertiary/aromatic N) is 2. The fraction of sp³-hybridized carbons (Fsp3) is 0.857. The van der Waals surface area contributed by atoms with Gasteiger partial charge in [-0.2, -0.15) is 0 Å². The Hall–Kier alpha value is -1.13. The van der Waals surface area contributed by atoms with Gasteiger partial charge in [0.1, 0.15) is 0 Å². The van der Waals surface area contributed by atoms with Gasteiger partial charge >= 0.3 is 0 Å². The number of carbonyl (C=O) groups is 1. The first-order chi connectivity index (χ1) is 5.57. The summed E-state index contributed by atoms with van der Waals surface area (Å²) in [6.07, 6.45) is 1.87. The van der Waals surface area contributed by atoms with Crippen LogP contribution in [0.15, 0.2) is 0 Å². The van der Waals surface area contributed by atoms with Gasteiger partial charge in [-0.15, -0.1) is 0 Å². The van der Waals surface area contributed by atoms with Gasteiger partial charge in [0.15, 0.2) is 0 Å². The minimum atomic E-state index is -0.606. The molecule has 0 atom stereocenters. The number of amides is 1. The quantitative estimate of drug-likeness (QED) is 0.451. The zero-order valence-electron chi connectivity index (χ0n) is 7.45. The average molecular weight is 174 g/mol. The van der Waals surface area contributed by atoms with Crippen LogP contribution in [0.4, 0.5) is 0 Å². The predicted molar refractivity (Wildman–Crippen MR) is 44.4 cm³/mol. The number of rotatable bonds is 5. The van der Waals surface area contributed by atoms with Crippen LogP contribution in [0.1, 0.15) is 19.8 Å². The van der Waals surface area contributed by atoms with Crippen molar-refractivity contribution in [3.63, 3.8) is 0 Å². The monoisotopic (exact) mass is 174 g/mol. The van der Waals surface area contributed by atoms with E-state index in [4.69, 9.17) is 0 Å². The minimum absolute atomic E-state index is 0.423. The molecule has 0 aliphatic rings. The molecule has 0 fully saturated rings. The predicted octanol–water partition coefficient (Wildman–Crippen LogP) is 0.522. The summed E-state index contributed by atoms with van der Waals surface area (Å²) in [5, 5.41) is 9.95. The van der Waals surface area contributed by atoms with E-state index in [0.29, 0.717) is 6.54 Å². The van der Waals surface area contributed by atoms with E-state index in [2.05, 4.69) is 0 Å². The van der Waals surface area contributed by atoms with Gasteiger partial charge in [0.25, 0.3) is 12.5 Å². The molecule has 0 heterocycles. The Morgan fingerprint density at radius 1 is 1.58 bits per heavy atom. The van der Waals surface area contributed by atoms with Crippen LogP contribution in [-0.4, -0.2) is 35.9 Å². The van der Waals surface area contributed by atoms with Crippen LogP contribution in [0.2, 0.25) is 0 Å². The number of nitro groups is 1. The van der Waals surface area contributed by atoms with Crippen molar-refractivity contribution >= 4 is 5.91 Å². The zero-order chi connectivity index (χ0) is 9.56. The molecule has 0 radical (unpaired) electrons. The van der Waals surface area contributed by atoms with Crippen molar-refractivity contribution in [2.24, 2.45) is 0 Å². The Balaban J connectivity index is 3.69. The highest BCUT2D eigenvalue weighted by atomic mass is 16.6. The van der Waals surface area contributed by atoms with Crippen molar-refractivity contribution in [3.05, 3.63) is 10.1 Å². The molecule has 5 heteroatoms. The van der Waals surface area contributed by atoms with Crippen molar-refractivity contribution in [3.8, 4) is 0 Å². The van der Waals surface area contributed by atoms with Crippen molar-refractivity contribution < 1.29 is 9.72 Å². The van der Waals surface area contributed by atoms with E-state index < -0.39 is 17.4 Å². The lowest BCUT2D eigenvalue weighted by Gasteiger charge is -2.13. The molecule has 0 saturated heterocycles. The second-order valence-corrected chi connectivity index (χ2v) is 2.66. The van der Waals surface area contributed by atoms with Crippen molar-refractivity contribution in [2.75, 3.05) is 20.1 Å². The number of likely N-dealkylation sites (N-methyl/N-ethyl adjacent to an activating group) is 1. The van der Waals surface area contributed by atoms with Crippen LogP contribution < -0.4 is 0 Å². The molecule has 0 bridgehead atoms. The largest absolute Gasteiger partial charge is 0.340 e. The normalized spacial score (nSPS) is 9.50. The molecular formula is C7H14N2O3. The number of hydrogen-bond donors (Lipinski definition) is 0. The molecule has 5 nitrogen and oxygen atoms in total. The second-order valence-electron chi connectivity index (χ2n) is 2.66. The van der Waals surface area contributed by atoms with E-state index in [-0.39, 0.29) is 0 Å². The van der Waals surface area contributed by atoms with Crippen LogP contribution in [0.5, 0.6) is 0 Å². The highest BCUT2D eigenvalue weighted by Gasteiger charge is 2.13. The van der Waals surface area contributed by atoms with Gasteiger partial charge in [0.2, 0.25) is 0 Å². The Morgan fingerprint density at radius 2 is 2.17 bits per heavy atom. The summed E-state index contributed by atoms with van der Waals surface area (Å²) in [5.74, 6) is -0.423. The molecule has 0 spiro atoms. The first-order valence-electron chi connectivity index (χ1n) is 3.93. The van der Waals surface area contributed by atoms with E-state index in [9.17, 15) is 14.9 Å². The lowest BCUT2D eigenvalue weighted by Crippen LogP contribution is -2.32. The molecule has 0 unspecified atom stereocenters. The third-order valence-corrected chi connectivity index (χ3v) is 1.54. The third kappa shape index (κ3) is 4.65. The summed E-state index contributed by atoms with van der Waals surface area (Å²) in [7, 11) is 1.58. The maximum absolute atomic E-state index is 10.9. The number of hydrogen-bond acceptors (Lipinski definition) is 3. The molecule has 0 N–H and O–H groups in total. The van der Waals surface area contributed by atoms with Crippen LogP contribution in [0.3, 0.4) is 0 Å². The SMILES string of the molecule is CCCCN(C)C(=O)C[N+](=O)[O-]. The fourth-order valence-corrected chi connectivity index (χ4v) is 0.751. The molecular weight excluding hydrogens is 160 g/mol. The molecule has 12 heavy (non-hydrogen) atoms. The number of carbonyl (C=O) groups excluding carboxylic acids is 1. The third-order valence-electron chi connectivity index (χ3n) is 1.54. The Morgan fingerprint density at radius 3 is 2.58 bits per heavy atom. The maximum atomic E-state index is 10.9. The molecule has 1 amide bonds. The Kier molecular flexibility index (Phi) is 4.99. The topological polar surface area (TPSA) is 63.5 Å². The highest BCUT2D eigenvalue weighted by molar-refractivity contribution is 5.76. The molecule has 0 rings (SSSR count). The minimum Gasteiger partial charge on any atom is -0.340 e. The van der Waals surface area contributed by atoms with Crippen molar-refractivity contribution in [2.45, 2.75) is 19.8 Å². The van der Waals surface area contributed by atoms with Gasteiger partial charge < -0.3 is 4.90 Å². The van der Waals surface area contributed by atoms with Gasteiger partial charge in [-0.05, 0) is 6.42 Å². The smallest absolute Gasteiger partial charge is 0.294 e. The second kappa shape index (κ2) is 5.51. The van der Waals surface area contributed by atoms with Crippen molar-refractivity contribution in [1.82, 2.24) is 4.90 Å². The van der Waals surface area contributed by atoms with E-state index in [1.54, 1.807) is 7.05 Å². The average Bonchev–Trinajstić information content (AvgIpc) is 1.98. The summed E-state index contributed by atoms with van der Waals surface area (Å²) in [6, 6.07) is 0. The molecule has 0 aliphatic carbocycles. The Bertz CT molecular complexity index is 170. The van der Waals surface area contributed by atoms with Gasteiger partial charge in [-0.3, -0.25) is 14.9 Å². The summed E-state index contributed by atoms with van der Waals surface area (Å²) in [4.78, 5) is 21.7. The first-order valence-corrected chi connectivity index (χ1v) is 3.93. The molecule has 0 aromatic carbocycles. The standard InChI is InChI=1S/C7H14N2O3/c1-3-4-5-8(2)7(10)6-9(11)12/h3-6H2,1-2H3. The van der Waals surface area contributed by atoms with Crippen molar-refractivity contribution in [1.29, 1.82) is 0 Å². The van der Waals surface area contributed by atoms with Crippen LogP contribution in [-0.2, 0) is 4.79 Å². The summed E-state index contributed by atoms with van der Waals surface area (Å²) in [5.41, 5.74) is 0. The van der Waals surface area contributed by atoms with Crippen LogP contribution >= 0.6 is 0 Å². The zero-order valence-corrected chi connectivity index (χ0v) is 7.45. The molecule has 70 valence electrons. The van der Waals surface area contributed by atoms with E-state index in [1.165, 1.54) is 4.90 Å². The maximum Gasteiger partial charge on any atom is 0.294 e.